The molecule has 16 heavy (non-hydrogen) atoms. The molecular weight excluding hydrogens is 204 g/mol. The molecule has 0 saturated carbocycles. The van der Waals surface area contributed by atoms with Crippen LogP contribution in [0.25, 0.3) is 0 Å². The zero-order chi connectivity index (χ0) is 11.8. The van der Waals surface area contributed by atoms with Crippen molar-refractivity contribution in [2.75, 3.05) is 13.2 Å². The SMILES string of the molecule is Cc1nnc(C2(N)CCOCC2)n1C(C)C. The summed E-state index contributed by atoms with van der Waals surface area (Å²) in [5, 5.41) is 8.42. The lowest BCUT2D eigenvalue weighted by Crippen LogP contribution is -2.44. The monoisotopic (exact) mass is 224 g/mol. The summed E-state index contributed by atoms with van der Waals surface area (Å²) < 4.78 is 7.49. The van der Waals surface area contributed by atoms with Crippen molar-refractivity contribution >= 4 is 0 Å². The fraction of sp³-hybridized carbons (Fsp3) is 0.818. The van der Waals surface area contributed by atoms with Crippen LogP contribution in [0.15, 0.2) is 0 Å². The maximum absolute atomic E-state index is 6.43. The van der Waals surface area contributed by atoms with Gasteiger partial charge in [0.2, 0.25) is 0 Å². The van der Waals surface area contributed by atoms with Gasteiger partial charge in [-0.05, 0) is 33.6 Å². The molecule has 0 radical (unpaired) electrons. The molecule has 2 N–H and O–H groups in total. The molecule has 1 aromatic heterocycles. The van der Waals surface area contributed by atoms with Crippen LogP contribution in [-0.4, -0.2) is 28.0 Å². The number of aromatic nitrogens is 3. The van der Waals surface area contributed by atoms with E-state index in [1.807, 2.05) is 6.92 Å². The third-order valence-corrected chi connectivity index (χ3v) is 3.21. The van der Waals surface area contributed by atoms with Crippen molar-refractivity contribution in [3.8, 4) is 0 Å². The number of ether oxygens (including phenoxy) is 1. The standard InChI is InChI=1S/C11H20N4O/c1-8(2)15-9(3)13-14-10(15)11(12)4-6-16-7-5-11/h8H,4-7,12H2,1-3H3. The predicted molar refractivity (Wildman–Crippen MR) is 61.1 cm³/mol. The van der Waals surface area contributed by atoms with E-state index in [1.54, 1.807) is 0 Å². The van der Waals surface area contributed by atoms with E-state index in [9.17, 15) is 0 Å². The van der Waals surface area contributed by atoms with Crippen LogP contribution in [0.2, 0.25) is 0 Å². The molecule has 0 atom stereocenters. The van der Waals surface area contributed by atoms with Crippen LogP contribution in [0.3, 0.4) is 0 Å². The zero-order valence-electron chi connectivity index (χ0n) is 10.2. The van der Waals surface area contributed by atoms with E-state index in [-0.39, 0.29) is 5.54 Å². The molecule has 2 heterocycles. The quantitative estimate of drug-likeness (QED) is 0.818. The minimum atomic E-state index is -0.371. The van der Waals surface area contributed by atoms with Crippen LogP contribution in [-0.2, 0) is 10.3 Å². The van der Waals surface area contributed by atoms with Gasteiger partial charge in [0.1, 0.15) is 5.82 Å². The smallest absolute Gasteiger partial charge is 0.153 e. The molecule has 1 aliphatic rings. The second kappa shape index (κ2) is 4.14. The lowest BCUT2D eigenvalue weighted by molar-refractivity contribution is 0.0473. The van der Waals surface area contributed by atoms with E-state index >= 15 is 0 Å². The number of hydrogen-bond acceptors (Lipinski definition) is 4. The fourth-order valence-electron chi connectivity index (χ4n) is 2.29. The van der Waals surface area contributed by atoms with Crippen LogP contribution in [0, 0.1) is 6.92 Å². The van der Waals surface area contributed by atoms with Gasteiger partial charge in [-0.3, -0.25) is 0 Å². The minimum absolute atomic E-state index is 0.341. The summed E-state index contributed by atoms with van der Waals surface area (Å²) in [4.78, 5) is 0. The van der Waals surface area contributed by atoms with Crippen LogP contribution >= 0.6 is 0 Å². The van der Waals surface area contributed by atoms with E-state index < -0.39 is 0 Å². The Hall–Kier alpha value is -0.940. The first-order valence-electron chi connectivity index (χ1n) is 5.83. The second-order valence-electron chi connectivity index (χ2n) is 4.80. The molecule has 1 saturated heterocycles. The molecule has 0 amide bonds. The Kier molecular flexibility index (Phi) is 2.99. The topological polar surface area (TPSA) is 66.0 Å². The number of aryl methyl sites for hydroxylation is 1. The summed E-state index contributed by atoms with van der Waals surface area (Å²) in [5.41, 5.74) is 6.06. The highest BCUT2D eigenvalue weighted by atomic mass is 16.5. The number of rotatable bonds is 2. The van der Waals surface area contributed by atoms with Gasteiger partial charge in [0.15, 0.2) is 5.82 Å². The first-order valence-corrected chi connectivity index (χ1v) is 5.83. The van der Waals surface area contributed by atoms with Gasteiger partial charge in [-0.1, -0.05) is 0 Å². The second-order valence-corrected chi connectivity index (χ2v) is 4.80. The Morgan fingerprint density at radius 3 is 2.50 bits per heavy atom. The Bertz CT molecular complexity index is 366. The summed E-state index contributed by atoms with van der Waals surface area (Å²) >= 11 is 0. The Morgan fingerprint density at radius 2 is 1.94 bits per heavy atom. The largest absolute Gasteiger partial charge is 0.381 e. The van der Waals surface area contributed by atoms with Gasteiger partial charge in [0.05, 0.1) is 5.54 Å². The highest BCUT2D eigenvalue weighted by Gasteiger charge is 2.35. The number of nitrogens with zero attached hydrogens (tertiary/aromatic N) is 3. The lowest BCUT2D eigenvalue weighted by Gasteiger charge is -2.33. The summed E-state index contributed by atoms with van der Waals surface area (Å²) in [6.45, 7) is 7.64. The van der Waals surface area contributed by atoms with Crippen molar-refractivity contribution in [1.29, 1.82) is 0 Å². The Morgan fingerprint density at radius 1 is 1.31 bits per heavy atom. The van der Waals surface area contributed by atoms with Gasteiger partial charge >= 0.3 is 0 Å². The first kappa shape index (κ1) is 11.5. The molecule has 1 aliphatic heterocycles. The van der Waals surface area contributed by atoms with Gasteiger partial charge in [-0.2, -0.15) is 0 Å². The van der Waals surface area contributed by atoms with Gasteiger partial charge < -0.3 is 15.0 Å². The molecule has 90 valence electrons. The predicted octanol–water partition coefficient (Wildman–Crippen LogP) is 1.13. The fourth-order valence-corrected chi connectivity index (χ4v) is 2.29. The molecule has 0 spiro atoms. The minimum Gasteiger partial charge on any atom is -0.381 e. The summed E-state index contributed by atoms with van der Waals surface area (Å²) in [6.07, 6.45) is 1.63. The molecule has 0 aliphatic carbocycles. The molecule has 0 bridgehead atoms. The molecule has 1 aromatic rings. The zero-order valence-corrected chi connectivity index (χ0v) is 10.2. The molecule has 5 nitrogen and oxygen atoms in total. The van der Waals surface area contributed by atoms with Crippen LogP contribution < -0.4 is 5.73 Å². The normalized spacial score (nSPS) is 20.3. The van der Waals surface area contributed by atoms with Gasteiger partial charge in [-0.25, -0.2) is 0 Å². The average Bonchev–Trinajstić information content (AvgIpc) is 2.62. The van der Waals surface area contributed by atoms with Crippen LogP contribution in [0.5, 0.6) is 0 Å². The molecular formula is C11H20N4O. The van der Waals surface area contributed by atoms with E-state index in [2.05, 4.69) is 28.6 Å². The van der Waals surface area contributed by atoms with Crippen molar-refractivity contribution in [2.45, 2.75) is 45.2 Å². The molecule has 1 fully saturated rings. The van der Waals surface area contributed by atoms with Crippen molar-refractivity contribution in [3.63, 3.8) is 0 Å². The summed E-state index contributed by atoms with van der Waals surface area (Å²) in [6, 6.07) is 0.341. The maximum Gasteiger partial charge on any atom is 0.153 e. The van der Waals surface area contributed by atoms with Crippen molar-refractivity contribution in [2.24, 2.45) is 5.73 Å². The molecule has 0 unspecified atom stereocenters. The van der Waals surface area contributed by atoms with E-state index in [0.717, 1.165) is 24.5 Å². The van der Waals surface area contributed by atoms with Crippen LogP contribution in [0.4, 0.5) is 0 Å². The lowest BCUT2D eigenvalue weighted by atomic mass is 9.90. The number of hydrogen-bond donors (Lipinski definition) is 1. The summed E-state index contributed by atoms with van der Waals surface area (Å²) in [7, 11) is 0. The van der Waals surface area contributed by atoms with Crippen LogP contribution in [0.1, 0.15) is 44.4 Å². The van der Waals surface area contributed by atoms with Crippen molar-refractivity contribution in [3.05, 3.63) is 11.6 Å². The highest BCUT2D eigenvalue weighted by Crippen LogP contribution is 2.29. The highest BCUT2D eigenvalue weighted by molar-refractivity contribution is 5.10. The Balaban J connectivity index is 2.38. The van der Waals surface area contributed by atoms with E-state index in [4.69, 9.17) is 10.5 Å². The van der Waals surface area contributed by atoms with Gasteiger partial charge in [-0.15, -0.1) is 10.2 Å². The average molecular weight is 224 g/mol. The first-order chi connectivity index (χ1) is 7.54. The third kappa shape index (κ3) is 1.85. The van der Waals surface area contributed by atoms with Crippen molar-refractivity contribution < 1.29 is 4.74 Å². The molecule has 5 heteroatoms. The maximum atomic E-state index is 6.43. The third-order valence-electron chi connectivity index (χ3n) is 3.21. The molecule has 2 rings (SSSR count). The van der Waals surface area contributed by atoms with Gasteiger partial charge in [0.25, 0.3) is 0 Å². The number of nitrogens with two attached hydrogens (primary N) is 1. The molecule has 0 aromatic carbocycles. The Labute approximate surface area is 96.0 Å². The van der Waals surface area contributed by atoms with E-state index in [0.29, 0.717) is 19.3 Å². The van der Waals surface area contributed by atoms with Gasteiger partial charge in [0, 0.05) is 19.3 Å². The van der Waals surface area contributed by atoms with E-state index in [1.165, 1.54) is 0 Å². The van der Waals surface area contributed by atoms with Crippen molar-refractivity contribution in [1.82, 2.24) is 14.8 Å². The summed E-state index contributed by atoms with van der Waals surface area (Å²) in [5.74, 6) is 1.84.